The van der Waals surface area contributed by atoms with Crippen LogP contribution in [0.1, 0.15) is 37.6 Å². The van der Waals surface area contributed by atoms with Gasteiger partial charge in [0, 0.05) is 31.1 Å². The van der Waals surface area contributed by atoms with Crippen LogP contribution >= 0.6 is 0 Å². The maximum Gasteiger partial charge on any atom is 0.258 e. The van der Waals surface area contributed by atoms with Crippen LogP contribution in [0, 0.1) is 5.82 Å². The van der Waals surface area contributed by atoms with Gasteiger partial charge in [-0.05, 0) is 50.5 Å². The molecule has 0 unspecified atom stereocenters. The normalized spacial score (nSPS) is 19.8. The molecule has 1 amide bonds. The monoisotopic (exact) mass is 359 g/mol. The van der Waals surface area contributed by atoms with E-state index in [9.17, 15) is 9.18 Å². The lowest BCUT2D eigenvalue weighted by Gasteiger charge is -2.32. The number of carbonyl (C=O) groups is 1. The van der Waals surface area contributed by atoms with Gasteiger partial charge in [0.05, 0.1) is 0 Å². The van der Waals surface area contributed by atoms with Crippen LogP contribution in [-0.2, 0) is 21.7 Å². The average Bonchev–Trinajstić information content (AvgIpc) is 2.67. The fraction of sp³-hybridized carbons (Fsp3) is 0.421. The molecule has 1 saturated heterocycles. The van der Waals surface area contributed by atoms with E-state index in [1.807, 2.05) is 6.92 Å². The molecule has 2 heterocycles. The summed E-state index contributed by atoms with van der Waals surface area (Å²) < 4.78 is 23.9. The fourth-order valence-corrected chi connectivity index (χ4v) is 2.76. The first-order chi connectivity index (χ1) is 12.5. The van der Waals surface area contributed by atoms with Crippen LogP contribution in [0.2, 0.25) is 0 Å². The van der Waals surface area contributed by atoms with Crippen molar-refractivity contribution in [2.75, 3.05) is 13.2 Å². The fourth-order valence-electron chi connectivity index (χ4n) is 2.76. The molecule has 0 aliphatic carbocycles. The molecule has 26 heavy (non-hydrogen) atoms. The summed E-state index contributed by atoms with van der Waals surface area (Å²) in [6.07, 6.45) is 6.48. The van der Waals surface area contributed by atoms with E-state index in [2.05, 4.69) is 15.3 Å². The highest BCUT2D eigenvalue weighted by atomic mass is 19.1. The summed E-state index contributed by atoms with van der Waals surface area (Å²) in [5, 5.41) is 2.74. The van der Waals surface area contributed by atoms with E-state index in [1.165, 1.54) is 24.3 Å². The first-order valence-electron chi connectivity index (χ1n) is 8.66. The van der Waals surface area contributed by atoms with Gasteiger partial charge in [0.2, 0.25) is 0 Å². The second-order valence-corrected chi connectivity index (χ2v) is 6.47. The van der Waals surface area contributed by atoms with Crippen molar-refractivity contribution in [1.29, 1.82) is 0 Å². The standard InChI is InChI=1S/C19H22FN3O3/c1-19(8-2-3-9-26-19)18-22-11-14(12-23-18)10-21-17(24)13-25-16-6-4-15(20)5-7-16/h4-7,11-12H,2-3,8-10,13H2,1H3,(H,21,24)/t19-/m0/s1. The number of benzene rings is 1. The second kappa shape index (κ2) is 8.23. The van der Waals surface area contributed by atoms with Gasteiger partial charge in [-0.25, -0.2) is 14.4 Å². The first-order valence-corrected chi connectivity index (χ1v) is 8.66. The third-order valence-electron chi connectivity index (χ3n) is 4.32. The molecule has 1 fully saturated rings. The predicted octanol–water partition coefficient (Wildman–Crippen LogP) is 2.73. The van der Waals surface area contributed by atoms with Crippen molar-refractivity contribution in [3.05, 3.63) is 53.9 Å². The van der Waals surface area contributed by atoms with E-state index in [4.69, 9.17) is 9.47 Å². The molecule has 1 aromatic heterocycles. The Labute approximate surface area is 151 Å². The van der Waals surface area contributed by atoms with Gasteiger partial charge in [-0.2, -0.15) is 0 Å². The number of halogens is 1. The number of nitrogens with one attached hydrogen (secondary N) is 1. The molecule has 1 aliphatic rings. The summed E-state index contributed by atoms with van der Waals surface area (Å²) in [5.74, 6) is 0.487. The van der Waals surface area contributed by atoms with Crippen LogP contribution < -0.4 is 10.1 Å². The van der Waals surface area contributed by atoms with Crippen LogP contribution in [0.4, 0.5) is 4.39 Å². The van der Waals surface area contributed by atoms with E-state index >= 15 is 0 Å². The van der Waals surface area contributed by atoms with Crippen LogP contribution in [0.5, 0.6) is 5.75 Å². The third-order valence-corrected chi connectivity index (χ3v) is 4.32. The van der Waals surface area contributed by atoms with Gasteiger partial charge in [-0.3, -0.25) is 4.79 Å². The van der Waals surface area contributed by atoms with E-state index in [1.54, 1.807) is 12.4 Å². The average molecular weight is 359 g/mol. The Bertz CT molecular complexity index is 729. The van der Waals surface area contributed by atoms with Gasteiger partial charge in [0.25, 0.3) is 5.91 Å². The van der Waals surface area contributed by atoms with Crippen molar-refractivity contribution >= 4 is 5.91 Å². The van der Waals surface area contributed by atoms with Crippen LogP contribution in [-0.4, -0.2) is 29.1 Å². The number of carbonyl (C=O) groups excluding carboxylic acids is 1. The molecule has 6 nitrogen and oxygen atoms in total. The lowest BCUT2D eigenvalue weighted by molar-refractivity contribution is -0.123. The minimum Gasteiger partial charge on any atom is -0.484 e. The Morgan fingerprint density at radius 2 is 2.00 bits per heavy atom. The number of rotatable bonds is 6. The van der Waals surface area contributed by atoms with Crippen molar-refractivity contribution in [2.24, 2.45) is 0 Å². The molecule has 3 rings (SSSR count). The van der Waals surface area contributed by atoms with Crippen LogP contribution in [0.25, 0.3) is 0 Å². The van der Waals surface area contributed by atoms with E-state index in [0.29, 0.717) is 18.1 Å². The van der Waals surface area contributed by atoms with Gasteiger partial charge in [-0.1, -0.05) is 0 Å². The van der Waals surface area contributed by atoms with E-state index in [0.717, 1.165) is 31.4 Å². The number of amides is 1. The van der Waals surface area contributed by atoms with Crippen molar-refractivity contribution in [2.45, 2.75) is 38.3 Å². The molecule has 138 valence electrons. The van der Waals surface area contributed by atoms with E-state index in [-0.39, 0.29) is 18.3 Å². The van der Waals surface area contributed by atoms with Gasteiger partial charge in [0.15, 0.2) is 12.4 Å². The summed E-state index contributed by atoms with van der Waals surface area (Å²) in [4.78, 5) is 20.7. The summed E-state index contributed by atoms with van der Waals surface area (Å²) in [6.45, 7) is 2.90. The van der Waals surface area contributed by atoms with Crippen molar-refractivity contribution in [1.82, 2.24) is 15.3 Å². The lowest BCUT2D eigenvalue weighted by Crippen LogP contribution is -2.32. The molecule has 0 radical (unpaired) electrons. The molecule has 7 heteroatoms. The Morgan fingerprint density at radius 1 is 1.27 bits per heavy atom. The number of ether oxygens (including phenoxy) is 2. The van der Waals surface area contributed by atoms with Crippen molar-refractivity contribution in [3.8, 4) is 5.75 Å². The summed E-state index contributed by atoms with van der Waals surface area (Å²) >= 11 is 0. The summed E-state index contributed by atoms with van der Waals surface area (Å²) in [6, 6.07) is 5.51. The van der Waals surface area contributed by atoms with Gasteiger partial charge in [0.1, 0.15) is 17.2 Å². The summed E-state index contributed by atoms with van der Waals surface area (Å²) in [7, 11) is 0. The van der Waals surface area contributed by atoms with Crippen LogP contribution in [0.15, 0.2) is 36.7 Å². The zero-order valence-electron chi connectivity index (χ0n) is 14.7. The molecule has 1 aliphatic heterocycles. The zero-order valence-corrected chi connectivity index (χ0v) is 14.7. The smallest absolute Gasteiger partial charge is 0.258 e. The van der Waals surface area contributed by atoms with Crippen molar-refractivity contribution in [3.63, 3.8) is 0 Å². The highest BCUT2D eigenvalue weighted by Gasteiger charge is 2.32. The van der Waals surface area contributed by atoms with Crippen molar-refractivity contribution < 1.29 is 18.7 Å². The molecular weight excluding hydrogens is 337 g/mol. The Kier molecular flexibility index (Phi) is 5.78. The predicted molar refractivity (Wildman–Crippen MR) is 92.9 cm³/mol. The SMILES string of the molecule is C[C@@]1(c2ncc(CNC(=O)COc3ccc(F)cc3)cn2)CCCCO1. The lowest BCUT2D eigenvalue weighted by atomic mass is 9.95. The third kappa shape index (κ3) is 4.76. The molecule has 0 saturated carbocycles. The maximum absolute atomic E-state index is 12.8. The largest absolute Gasteiger partial charge is 0.484 e. The Hall–Kier alpha value is -2.54. The number of hydrogen-bond donors (Lipinski definition) is 1. The molecule has 1 N–H and O–H groups in total. The van der Waals surface area contributed by atoms with Crippen LogP contribution in [0.3, 0.4) is 0 Å². The Balaban J connectivity index is 1.46. The Morgan fingerprint density at radius 3 is 2.65 bits per heavy atom. The highest BCUT2D eigenvalue weighted by molar-refractivity contribution is 5.77. The van der Waals surface area contributed by atoms with Gasteiger partial charge < -0.3 is 14.8 Å². The maximum atomic E-state index is 12.8. The second-order valence-electron chi connectivity index (χ2n) is 6.47. The molecule has 1 aromatic carbocycles. The molecule has 1 atom stereocenters. The molecule has 0 bridgehead atoms. The zero-order chi connectivity index (χ0) is 18.4. The van der Waals surface area contributed by atoms with E-state index < -0.39 is 5.60 Å². The highest BCUT2D eigenvalue weighted by Crippen LogP contribution is 2.32. The topological polar surface area (TPSA) is 73.3 Å². The quantitative estimate of drug-likeness (QED) is 0.858. The van der Waals surface area contributed by atoms with Gasteiger partial charge >= 0.3 is 0 Å². The number of nitrogens with zero attached hydrogens (tertiary/aromatic N) is 2. The minimum atomic E-state index is -0.428. The molecular formula is C19H22FN3O3. The number of aromatic nitrogens is 2. The molecule has 0 spiro atoms. The minimum absolute atomic E-state index is 0.142. The first kappa shape index (κ1) is 18.3. The number of hydrogen-bond acceptors (Lipinski definition) is 5. The van der Waals surface area contributed by atoms with Gasteiger partial charge in [-0.15, -0.1) is 0 Å². The summed E-state index contributed by atoms with van der Waals surface area (Å²) in [5.41, 5.74) is 0.367. The molecule has 2 aromatic rings.